The minimum Gasteiger partial charge on any atom is -0.471 e. The molecule has 4 aliphatic rings. The van der Waals surface area contributed by atoms with E-state index in [1.54, 1.807) is 18.8 Å². The first-order chi connectivity index (χ1) is 16.3. The van der Waals surface area contributed by atoms with Crippen LogP contribution in [-0.4, -0.2) is 17.9 Å². The largest absolute Gasteiger partial charge is 0.471 e. The molecule has 0 aliphatic heterocycles. The standard InChI is InChI=1S/C22H30O3.C6H10O.C2H6/c1-3-4-21(24)25-20-10-8-16-17-6-5-14-13-15(23)11-12-22(14,2)19(17)9-7-18(16)20;1-4-5-7-6(2)3;1-2/h9,13,16-18,20H,3-8,10-12H2,1-2H3;4-5H,2H2,1,3H3;1-2H3/b;5-4-;. The van der Waals surface area contributed by atoms with Crippen LogP contribution in [0.2, 0.25) is 0 Å². The molecule has 0 aromatic rings. The molecule has 5 unspecified atom stereocenters. The molecule has 2 saturated carbocycles. The maximum absolute atomic E-state index is 11.9. The number of ketones is 1. The number of esters is 1. The Labute approximate surface area is 207 Å². The summed E-state index contributed by atoms with van der Waals surface area (Å²) in [6.45, 7) is 15.6. The smallest absolute Gasteiger partial charge is 0.306 e. The van der Waals surface area contributed by atoms with Crippen molar-refractivity contribution in [3.63, 3.8) is 0 Å². The molecule has 5 atom stereocenters. The number of hydrogen-bond donors (Lipinski definition) is 0. The number of allylic oxidation sites excluding steroid dienone is 6. The summed E-state index contributed by atoms with van der Waals surface area (Å²) >= 11 is 0. The van der Waals surface area contributed by atoms with Crippen LogP contribution in [0.3, 0.4) is 0 Å². The van der Waals surface area contributed by atoms with Gasteiger partial charge in [0.2, 0.25) is 0 Å². The quantitative estimate of drug-likeness (QED) is 0.233. The Balaban J connectivity index is 0.000000393. The topological polar surface area (TPSA) is 52.6 Å². The molecule has 4 nitrogen and oxygen atoms in total. The van der Waals surface area contributed by atoms with E-state index in [0.29, 0.717) is 36.4 Å². The summed E-state index contributed by atoms with van der Waals surface area (Å²) in [6, 6.07) is 0. The van der Waals surface area contributed by atoms with Crippen LogP contribution in [0.1, 0.15) is 99.3 Å². The van der Waals surface area contributed by atoms with Gasteiger partial charge in [0.15, 0.2) is 5.78 Å². The van der Waals surface area contributed by atoms with Crippen molar-refractivity contribution < 1.29 is 19.1 Å². The first-order valence-corrected chi connectivity index (χ1v) is 13.4. The third-order valence-electron chi connectivity index (χ3n) is 7.76. The summed E-state index contributed by atoms with van der Waals surface area (Å²) in [5.41, 5.74) is 3.08. The highest BCUT2D eigenvalue weighted by Gasteiger charge is 2.51. The van der Waals surface area contributed by atoms with Crippen molar-refractivity contribution in [2.24, 2.45) is 23.2 Å². The van der Waals surface area contributed by atoms with Gasteiger partial charge in [0.1, 0.15) is 6.10 Å². The van der Waals surface area contributed by atoms with Crippen LogP contribution in [0.25, 0.3) is 0 Å². The number of fused-ring (bicyclic) bond motifs is 5. The minimum absolute atomic E-state index is 0.0189. The Bertz CT molecular complexity index is 818. The third kappa shape index (κ3) is 6.52. The number of carbonyl (C=O) groups excluding carboxylic acids is 2. The van der Waals surface area contributed by atoms with Gasteiger partial charge in [0.05, 0.1) is 12.0 Å². The summed E-state index contributed by atoms with van der Waals surface area (Å²) in [5, 5.41) is 0. The molecule has 0 aromatic carbocycles. The third-order valence-corrected chi connectivity index (χ3v) is 7.76. The summed E-state index contributed by atoms with van der Waals surface area (Å²) in [7, 11) is 0. The predicted octanol–water partition coefficient (Wildman–Crippen LogP) is 7.86. The van der Waals surface area contributed by atoms with Crippen molar-refractivity contribution in [1.82, 2.24) is 0 Å². The van der Waals surface area contributed by atoms with E-state index < -0.39 is 0 Å². The van der Waals surface area contributed by atoms with Crippen LogP contribution < -0.4 is 0 Å². The SMILES string of the molecule is C=C(C)O/C=C\C.CC.CCCC(=O)OC1CCC2C3CCC4=CC(=O)CCC4(C)C3=CCC12. The van der Waals surface area contributed by atoms with E-state index in [0.717, 1.165) is 44.3 Å². The van der Waals surface area contributed by atoms with Gasteiger partial charge in [-0.15, -0.1) is 0 Å². The van der Waals surface area contributed by atoms with E-state index in [1.807, 2.05) is 39.8 Å². The normalized spacial score (nSPS) is 31.3. The zero-order valence-corrected chi connectivity index (χ0v) is 22.3. The van der Waals surface area contributed by atoms with Gasteiger partial charge in [-0.25, -0.2) is 0 Å². The van der Waals surface area contributed by atoms with E-state index in [1.165, 1.54) is 12.0 Å². The summed E-state index contributed by atoms with van der Waals surface area (Å²) in [5.74, 6) is 2.81. The Morgan fingerprint density at radius 3 is 2.56 bits per heavy atom. The molecule has 4 rings (SSSR count). The van der Waals surface area contributed by atoms with E-state index in [9.17, 15) is 9.59 Å². The van der Waals surface area contributed by atoms with Crippen molar-refractivity contribution in [3.8, 4) is 0 Å². The molecule has 0 N–H and O–H groups in total. The van der Waals surface area contributed by atoms with Gasteiger partial charge in [-0.05, 0) is 76.7 Å². The first kappa shape index (κ1) is 28.1. The lowest BCUT2D eigenvalue weighted by molar-refractivity contribution is -0.151. The van der Waals surface area contributed by atoms with Gasteiger partial charge in [0.25, 0.3) is 0 Å². The highest BCUT2D eigenvalue weighted by molar-refractivity contribution is 5.92. The molecule has 190 valence electrons. The fraction of sp³-hybridized carbons (Fsp3) is 0.667. The predicted molar refractivity (Wildman–Crippen MR) is 139 cm³/mol. The summed E-state index contributed by atoms with van der Waals surface area (Å²) in [4.78, 5) is 23.8. The average Bonchev–Trinajstić information content (AvgIpc) is 3.23. The van der Waals surface area contributed by atoms with Crippen LogP contribution in [-0.2, 0) is 19.1 Å². The van der Waals surface area contributed by atoms with Crippen LogP contribution in [0.15, 0.2) is 48.0 Å². The van der Waals surface area contributed by atoms with Gasteiger partial charge in [-0.1, -0.05) is 57.6 Å². The second-order valence-corrected chi connectivity index (χ2v) is 9.98. The second kappa shape index (κ2) is 13.1. The lowest BCUT2D eigenvalue weighted by atomic mass is 9.54. The average molecular weight is 471 g/mol. The minimum atomic E-state index is -0.0189. The van der Waals surface area contributed by atoms with Gasteiger partial charge in [-0.2, -0.15) is 0 Å². The maximum Gasteiger partial charge on any atom is 0.306 e. The van der Waals surface area contributed by atoms with Crippen LogP contribution in [0.5, 0.6) is 0 Å². The van der Waals surface area contributed by atoms with Crippen LogP contribution >= 0.6 is 0 Å². The van der Waals surface area contributed by atoms with Gasteiger partial charge in [-0.3, -0.25) is 9.59 Å². The summed E-state index contributed by atoms with van der Waals surface area (Å²) in [6.07, 6.45) is 16.5. The van der Waals surface area contributed by atoms with E-state index in [4.69, 9.17) is 9.47 Å². The first-order valence-electron chi connectivity index (χ1n) is 13.4. The fourth-order valence-corrected chi connectivity index (χ4v) is 6.25. The molecule has 0 saturated heterocycles. The maximum atomic E-state index is 11.9. The molecule has 0 bridgehead atoms. The Morgan fingerprint density at radius 2 is 1.94 bits per heavy atom. The van der Waals surface area contributed by atoms with Gasteiger partial charge >= 0.3 is 5.97 Å². The molecular formula is C30H46O4. The van der Waals surface area contributed by atoms with Crippen molar-refractivity contribution in [3.05, 3.63) is 48.0 Å². The van der Waals surface area contributed by atoms with Crippen LogP contribution in [0, 0.1) is 23.2 Å². The van der Waals surface area contributed by atoms with Gasteiger partial charge < -0.3 is 9.47 Å². The van der Waals surface area contributed by atoms with E-state index in [2.05, 4.69) is 19.6 Å². The Kier molecular flexibility index (Phi) is 10.9. The molecule has 2 fully saturated rings. The molecular weight excluding hydrogens is 424 g/mol. The Hall–Kier alpha value is -2.10. The number of rotatable bonds is 5. The van der Waals surface area contributed by atoms with Crippen molar-refractivity contribution in [2.45, 2.75) is 105 Å². The second-order valence-electron chi connectivity index (χ2n) is 9.98. The molecule has 0 amide bonds. The van der Waals surface area contributed by atoms with Crippen LogP contribution in [0.4, 0.5) is 0 Å². The number of hydrogen-bond acceptors (Lipinski definition) is 4. The number of carbonyl (C=O) groups is 2. The molecule has 4 heteroatoms. The molecule has 0 radical (unpaired) electrons. The molecule has 0 heterocycles. The summed E-state index contributed by atoms with van der Waals surface area (Å²) < 4.78 is 10.6. The number of ether oxygens (including phenoxy) is 2. The molecule has 4 aliphatic carbocycles. The zero-order valence-electron chi connectivity index (χ0n) is 22.3. The monoisotopic (exact) mass is 470 g/mol. The Morgan fingerprint density at radius 1 is 1.21 bits per heavy atom. The van der Waals surface area contributed by atoms with Crippen molar-refractivity contribution in [2.75, 3.05) is 0 Å². The molecule has 0 spiro atoms. The lowest BCUT2D eigenvalue weighted by Gasteiger charge is -2.50. The zero-order chi connectivity index (χ0) is 25.3. The van der Waals surface area contributed by atoms with E-state index >= 15 is 0 Å². The molecule has 34 heavy (non-hydrogen) atoms. The fourth-order valence-electron chi connectivity index (χ4n) is 6.25. The highest BCUT2D eigenvalue weighted by atomic mass is 16.5. The van der Waals surface area contributed by atoms with Crippen molar-refractivity contribution >= 4 is 11.8 Å². The van der Waals surface area contributed by atoms with Crippen molar-refractivity contribution in [1.29, 1.82) is 0 Å². The lowest BCUT2D eigenvalue weighted by Crippen LogP contribution is -2.41. The highest BCUT2D eigenvalue weighted by Crippen LogP contribution is 2.59. The van der Waals surface area contributed by atoms with Gasteiger partial charge in [0, 0.05) is 24.2 Å². The van der Waals surface area contributed by atoms with E-state index in [-0.39, 0.29) is 17.5 Å². The molecule has 0 aromatic heterocycles.